The van der Waals surface area contributed by atoms with Crippen LogP contribution in [0.5, 0.6) is 0 Å². The van der Waals surface area contributed by atoms with Gasteiger partial charge < -0.3 is 15.4 Å². The van der Waals surface area contributed by atoms with Crippen LogP contribution in [0.2, 0.25) is 5.02 Å². The number of carbonyl (C=O) groups excluding carboxylic acids is 2. The molecule has 2 rings (SSSR count). The molecule has 8 nitrogen and oxygen atoms in total. The van der Waals surface area contributed by atoms with Gasteiger partial charge in [-0.25, -0.2) is 8.42 Å². The normalized spacial score (nSPS) is 16.6. The van der Waals surface area contributed by atoms with Crippen molar-refractivity contribution in [1.29, 1.82) is 0 Å². The Morgan fingerprint density at radius 2 is 1.96 bits per heavy atom. The number of amides is 2. The van der Waals surface area contributed by atoms with Gasteiger partial charge >= 0.3 is 0 Å². The topological polar surface area (TPSA) is 105 Å². The first kappa shape index (κ1) is 21.6. The monoisotopic (exact) mass is 417 g/mol. The number of nitrogens with zero attached hydrogens (tertiary/aromatic N) is 1. The van der Waals surface area contributed by atoms with E-state index in [2.05, 4.69) is 10.6 Å². The van der Waals surface area contributed by atoms with Crippen LogP contribution >= 0.6 is 11.6 Å². The Labute approximate surface area is 164 Å². The zero-order chi connectivity index (χ0) is 20.0. The molecular weight excluding hydrogens is 394 g/mol. The van der Waals surface area contributed by atoms with Crippen molar-refractivity contribution in [3.63, 3.8) is 0 Å². The second-order valence-corrected chi connectivity index (χ2v) is 8.49. The van der Waals surface area contributed by atoms with E-state index >= 15 is 0 Å². The number of halogens is 1. The summed E-state index contributed by atoms with van der Waals surface area (Å²) in [6.07, 6.45) is 0.777. The first-order valence-corrected chi connectivity index (χ1v) is 10.5. The van der Waals surface area contributed by atoms with Crippen molar-refractivity contribution in [2.45, 2.75) is 31.2 Å². The van der Waals surface area contributed by atoms with Gasteiger partial charge in [-0.05, 0) is 31.5 Å². The van der Waals surface area contributed by atoms with Gasteiger partial charge in [0, 0.05) is 19.6 Å². The lowest BCUT2D eigenvalue weighted by Crippen LogP contribution is -2.45. The maximum atomic E-state index is 12.8. The third-order valence-electron chi connectivity index (χ3n) is 4.08. The summed E-state index contributed by atoms with van der Waals surface area (Å²) in [5.41, 5.74) is 0.00106. The minimum Gasteiger partial charge on any atom is -0.379 e. The molecule has 27 heavy (non-hydrogen) atoms. The highest BCUT2D eigenvalue weighted by Crippen LogP contribution is 2.23. The minimum atomic E-state index is -3.76. The number of hydrogen-bond acceptors (Lipinski definition) is 5. The largest absolute Gasteiger partial charge is 0.379 e. The highest BCUT2D eigenvalue weighted by Gasteiger charge is 2.28. The Morgan fingerprint density at radius 3 is 2.59 bits per heavy atom. The lowest BCUT2D eigenvalue weighted by molar-refractivity contribution is -0.122. The lowest BCUT2D eigenvalue weighted by atomic mass is 10.2. The number of ether oxygens (including phenoxy) is 1. The van der Waals surface area contributed by atoms with Crippen molar-refractivity contribution in [1.82, 2.24) is 14.9 Å². The Kier molecular flexibility index (Phi) is 7.60. The molecule has 2 N–H and O–H groups in total. The fraction of sp³-hybridized carbons (Fsp3) is 0.529. The molecule has 0 saturated carbocycles. The van der Waals surface area contributed by atoms with Gasteiger partial charge in [-0.1, -0.05) is 18.5 Å². The molecular formula is C17H24ClN3O5S. The van der Waals surface area contributed by atoms with E-state index in [0.717, 1.165) is 6.42 Å². The summed E-state index contributed by atoms with van der Waals surface area (Å²) in [5.74, 6) is -0.934. The third kappa shape index (κ3) is 5.41. The summed E-state index contributed by atoms with van der Waals surface area (Å²) in [5, 5.41) is 5.33. The molecule has 1 aromatic rings. The van der Waals surface area contributed by atoms with E-state index in [0.29, 0.717) is 19.8 Å². The molecule has 1 aromatic carbocycles. The molecule has 1 saturated heterocycles. The maximum Gasteiger partial charge on any atom is 0.253 e. The van der Waals surface area contributed by atoms with E-state index in [1.165, 1.54) is 22.5 Å². The van der Waals surface area contributed by atoms with Gasteiger partial charge in [-0.3, -0.25) is 9.59 Å². The van der Waals surface area contributed by atoms with Gasteiger partial charge in [-0.15, -0.1) is 0 Å². The standard InChI is InChI=1S/C17H24ClN3O5S/c1-3-6-19-16(22)12(2)20-17(23)14-11-13(4-5-15(14)18)27(24,25)21-7-9-26-10-8-21/h4-5,11-12H,3,6-10H2,1-2H3,(H,19,22)(H,20,23)/t12-/m0/s1. The number of hydrogen-bond donors (Lipinski definition) is 2. The average molecular weight is 418 g/mol. The third-order valence-corrected chi connectivity index (χ3v) is 6.30. The van der Waals surface area contributed by atoms with Gasteiger partial charge in [0.05, 0.1) is 28.7 Å². The smallest absolute Gasteiger partial charge is 0.253 e. The van der Waals surface area contributed by atoms with Crippen molar-refractivity contribution < 1.29 is 22.7 Å². The van der Waals surface area contributed by atoms with Crippen LogP contribution in [-0.4, -0.2) is 63.4 Å². The molecule has 0 radical (unpaired) electrons. The van der Waals surface area contributed by atoms with Crippen molar-refractivity contribution in [2.75, 3.05) is 32.8 Å². The predicted octanol–water partition coefficient (Wildman–Crippen LogP) is 1.01. The zero-order valence-corrected chi connectivity index (χ0v) is 16.9. The lowest BCUT2D eigenvalue weighted by Gasteiger charge is -2.26. The van der Waals surface area contributed by atoms with Crippen LogP contribution in [0.4, 0.5) is 0 Å². The van der Waals surface area contributed by atoms with Crippen molar-refractivity contribution >= 4 is 33.4 Å². The van der Waals surface area contributed by atoms with Gasteiger partial charge in [0.15, 0.2) is 0 Å². The highest BCUT2D eigenvalue weighted by molar-refractivity contribution is 7.89. The molecule has 1 aliphatic heterocycles. The molecule has 1 aliphatic rings. The highest BCUT2D eigenvalue weighted by atomic mass is 35.5. The first-order chi connectivity index (χ1) is 12.8. The van der Waals surface area contributed by atoms with Gasteiger partial charge in [0.2, 0.25) is 15.9 Å². The molecule has 0 bridgehead atoms. The first-order valence-electron chi connectivity index (χ1n) is 8.73. The molecule has 10 heteroatoms. The quantitative estimate of drug-likeness (QED) is 0.688. The number of sulfonamides is 1. The molecule has 1 atom stereocenters. The van der Waals surface area contributed by atoms with Crippen LogP contribution in [0.1, 0.15) is 30.6 Å². The summed E-state index contributed by atoms with van der Waals surface area (Å²) in [7, 11) is -3.76. The van der Waals surface area contributed by atoms with Gasteiger partial charge in [0.1, 0.15) is 6.04 Å². The summed E-state index contributed by atoms with van der Waals surface area (Å²) in [4.78, 5) is 24.4. The Morgan fingerprint density at radius 1 is 1.30 bits per heavy atom. The van der Waals surface area contributed by atoms with Gasteiger partial charge in [-0.2, -0.15) is 4.31 Å². The van der Waals surface area contributed by atoms with Crippen LogP contribution in [-0.2, 0) is 19.6 Å². The van der Waals surface area contributed by atoms with Crippen LogP contribution in [0.3, 0.4) is 0 Å². The van der Waals surface area contributed by atoms with E-state index in [9.17, 15) is 18.0 Å². The van der Waals surface area contributed by atoms with Crippen LogP contribution in [0.15, 0.2) is 23.1 Å². The fourth-order valence-corrected chi connectivity index (χ4v) is 4.15. The van der Waals surface area contributed by atoms with Crippen LogP contribution in [0.25, 0.3) is 0 Å². The molecule has 2 amide bonds. The fourth-order valence-electron chi connectivity index (χ4n) is 2.52. The predicted molar refractivity (Wildman–Crippen MR) is 101 cm³/mol. The Balaban J connectivity index is 2.19. The molecule has 1 heterocycles. The van der Waals surface area contributed by atoms with E-state index in [1.807, 2.05) is 6.92 Å². The summed E-state index contributed by atoms with van der Waals surface area (Å²) in [6, 6.07) is 3.19. The van der Waals surface area contributed by atoms with Crippen molar-refractivity contribution in [3.05, 3.63) is 28.8 Å². The Bertz CT molecular complexity index is 794. The number of carbonyl (C=O) groups is 2. The SMILES string of the molecule is CCCNC(=O)[C@H](C)NC(=O)c1cc(S(=O)(=O)N2CCOCC2)ccc1Cl. The minimum absolute atomic E-state index is 0.00106. The summed E-state index contributed by atoms with van der Waals surface area (Å²) in [6.45, 7) is 5.12. The summed E-state index contributed by atoms with van der Waals surface area (Å²) < 4.78 is 32.0. The van der Waals surface area contributed by atoms with E-state index in [-0.39, 0.29) is 34.5 Å². The maximum absolute atomic E-state index is 12.8. The van der Waals surface area contributed by atoms with E-state index in [4.69, 9.17) is 16.3 Å². The van der Waals surface area contributed by atoms with Crippen LogP contribution < -0.4 is 10.6 Å². The number of benzene rings is 1. The second-order valence-electron chi connectivity index (χ2n) is 6.14. The number of morpholine rings is 1. The van der Waals surface area contributed by atoms with E-state index in [1.54, 1.807) is 6.92 Å². The number of rotatable bonds is 7. The van der Waals surface area contributed by atoms with Crippen molar-refractivity contribution in [3.8, 4) is 0 Å². The summed E-state index contributed by atoms with van der Waals surface area (Å²) >= 11 is 6.08. The zero-order valence-electron chi connectivity index (χ0n) is 15.3. The molecule has 0 spiro atoms. The second kappa shape index (κ2) is 9.50. The van der Waals surface area contributed by atoms with Gasteiger partial charge in [0.25, 0.3) is 5.91 Å². The molecule has 0 aromatic heterocycles. The van der Waals surface area contributed by atoms with Crippen molar-refractivity contribution in [2.24, 2.45) is 0 Å². The molecule has 0 unspecified atom stereocenters. The molecule has 150 valence electrons. The molecule has 0 aliphatic carbocycles. The average Bonchev–Trinajstić information content (AvgIpc) is 2.66. The Hall–Kier alpha value is -1.68. The molecule has 1 fully saturated rings. The number of nitrogens with one attached hydrogen (secondary N) is 2. The van der Waals surface area contributed by atoms with E-state index < -0.39 is 22.0 Å². The van der Waals surface area contributed by atoms with Crippen LogP contribution in [0, 0.1) is 0 Å².